The molecule has 0 aliphatic carbocycles. The van der Waals surface area contributed by atoms with Gasteiger partial charge in [0.1, 0.15) is 6.54 Å². The number of aromatic nitrogens is 2. The smallest absolute Gasteiger partial charge is 0.267 e. The van der Waals surface area contributed by atoms with Crippen molar-refractivity contribution in [1.82, 2.24) is 14.7 Å². The molecular formula is C18H21N3O2S. The monoisotopic (exact) mass is 343 g/mol. The number of carbonyl (C=O) groups excluding carboxylic acids is 1. The fourth-order valence-corrected chi connectivity index (χ4v) is 4.28. The Hall–Kier alpha value is -2.08. The molecule has 1 fully saturated rings. The molecule has 1 aliphatic rings. The van der Waals surface area contributed by atoms with Crippen LogP contribution >= 0.6 is 11.8 Å². The van der Waals surface area contributed by atoms with Crippen LogP contribution in [0.4, 0.5) is 0 Å². The van der Waals surface area contributed by atoms with Crippen molar-refractivity contribution in [3.8, 4) is 0 Å². The number of hydrogen-bond acceptors (Lipinski definition) is 4. The third kappa shape index (κ3) is 3.87. The Balaban J connectivity index is 1.65. The lowest BCUT2D eigenvalue weighted by molar-refractivity contribution is -0.131. The van der Waals surface area contributed by atoms with Gasteiger partial charge in [-0.15, -0.1) is 0 Å². The number of aryl methyl sites for hydroxylation is 1. The van der Waals surface area contributed by atoms with Crippen molar-refractivity contribution in [2.75, 3.05) is 18.8 Å². The Morgan fingerprint density at radius 3 is 2.88 bits per heavy atom. The van der Waals surface area contributed by atoms with Crippen molar-refractivity contribution in [3.05, 3.63) is 64.1 Å². The van der Waals surface area contributed by atoms with Crippen LogP contribution in [0.25, 0.3) is 0 Å². The molecule has 0 bridgehead atoms. The Bertz CT molecular complexity index is 775. The van der Waals surface area contributed by atoms with Crippen LogP contribution in [-0.2, 0) is 11.3 Å². The lowest BCUT2D eigenvalue weighted by Crippen LogP contribution is -2.38. The van der Waals surface area contributed by atoms with E-state index in [9.17, 15) is 9.59 Å². The van der Waals surface area contributed by atoms with E-state index in [0.29, 0.717) is 18.3 Å². The summed E-state index contributed by atoms with van der Waals surface area (Å²) in [5.74, 6) is 0.865. The number of carbonyl (C=O) groups is 1. The van der Waals surface area contributed by atoms with E-state index in [1.54, 1.807) is 6.07 Å². The number of benzene rings is 1. The highest BCUT2D eigenvalue weighted by Gasteiger charge is 2.23. The standard InChI is InChI=1S/C18H21N3O2S/c1-14-5-2-3-6-15(14)16-8-10-20(11-12-24-16)18(23)13-21-17(22)7-4-9-19-21/h2-7,9,16H,8,10-13H2,1H3/t16-/m1/s1. The molecule has 6 heteroatoms. The maximum Gasteiger partial charge on any atom is 0.267 e. The second kappa shape index (κ2) is 7.66. The number of thioether (sulfide) groups is 1. The van der Waals surface area contributed by atoms with Crippen molar-refractivity contribution in [2.24, 2.45) is 0 Å². The minimum absolute atomic E-state index is 0.0133. The van der Waals surface area contributed by atoms with Gasteiger partial charge in [0, 0.05) is 36.4 Å². The third-order valence-electron chi connectivity index (χ3n) is 4.30. The SMILES string of the molecule is Cc1ccccc1[C@H]1CCN(C(=O)Cn2ncccc2=O)CCS1. The summed E-state index contributed by atoms with van der Waals surface area (Å²) in [5, 5.41) is 4.38. The summed E-state index contributed by atoms with van der Waals surface area (Å²) in [6, 6.07) is 11.4. The Kier molecular flexibility index (Phi) is 5.35. The normalized spacial score (nSPS) is 18.2. The van der Waals surface area contributed by atoms with E-state index in [4.69, 9.17) is 0 Å². The average Bonchev–Trinajstić information content (AvgIpc) is 2.83. The van der Waals surface area contributed by atoms with Crippen molar-refractivity contribution in [2.45, 2.75) is 25.1 Å². The molecule has 0 radical (unpaired) electrons. The van der Waals surface area contributed by atoms with Gasteiger partial charge in [-0.25, -0.2) is 4.68 Å². The maximum atomic E-state index is 12.5. The van der Waals surface area contributed by atoms with Gasteiger partial charge in [-0.3, -0.25) is 9.59 Å². The Morgan fingerprint density at radius 1 is 1.25 bits per heavy atom. The molecule has 5 nitrogen and oxygen atoms in total. The zero-order chi connectivity index (χ0) is 16.9. The molecule has 0 saturated carbocycles. The zero-order valence-electron chi connectivity index (χ0n) is 13.7. The highest BCUT2D eigenvalue weighted by Crippen LogP contribution is 2.35. The molecular weight excluding hydrogens is 322 g/mol. The van der Waals surface area contributed by atoms with E-state index in [1.807, 2.05) is 16.7 Å². The second-order valence-corrected chi connectivity index (χ2v) is 7.22. The molecule has 1 aromatic heterocycles. The van der Waals surface area contributed by atoms with Gasteiger partial charge < -0.3 is 4.90 Å². The van der Waals surface area contributed by atoms with Crippen molar-refractivity contribution in [1.29, 1.82) is 0 Å². The van der Waals surface area contributed by atoms with Gasteiger partial charge >= 0.3 is 0 Å². The minimum Gasteiger partial charge on any atom is -0.340 e. The molecule has 0 spiro atoms. The maximum absolute atomic E-state index is 12.5. The predicted molar refractivity (Wildman–Crippen MR) is 96.1 cm³/mol. The van der Waals surface area contributed by atoms with Crippen LogP contribution in [0.15, 0.2) is 47.4 Å². The Labute approximate surface area is 145 Å². The molecule has 3 rings (SSSR count). The fourth-order valence-electron chi connectivity index (χ4n) is 2.95. The first-order valence-electron chi connectivity index (χ1n) is 8.12. The van der Waals surface area contributed by atoms with Crippen LogP contribution in [0.2, 0.25) is 0 Å². The fraction of sp³-hybridized carbons (Fsp3) is 0.389. The summed E-state index contributed by atoms with van der Waals surface area (Å²) in [6.07, 6.45) is 2.46. The largest absolute Gasteiger partial charge is 0.340 e. The van der Waals surface area contributed by atoms with Crippen LogP contribution < -0.4 is 5.56 Å². The molecule has 24 heavy (non-hydrogen) atoms. The van der Waals surface area contributed by atoms with E-state index >= 15 is 0 Å². The molecule has 0 unspecified atom stereocenters. The topological polar surface area (TPSA) is 55.2 Å². The molecule has 1 aliphatic heterocycles. The van der Waals surface area contributed by atoms with Gasteiger partial charge in [0.25, 0.3) is 5.56 Å². The van der Waals surface area contributed by atoms with Crippen molar-refractivity contribution >= 4 is 17.7 Å². The van der Waals surface area contributed by atoms with E-state index in [-0.39, 0.29) is 18.0 Å². The number of hydrogen-bond donors (Lipinski definition) is 0. The predicted octanol–water partition coefficient (Wildman–Crippen LogP) is 2.26. The highest BCUT2D eigenvalue weighted by atomic mass is 32.2. The summed E-state index contributed by atoms with van der Waals surface area (Å²) in [5.41, 5.74) is 2.42. The van der Waals surface area contributed by atoms with Crippen LogP contribution in [-0.4, -0.2) is 39.4 Å². The van der Waals surface area contributed by atoms with Crippen molar-refractivity contribution in [3.63, 3.8) is 0 Å². The molecule has 1 aromatic carbocycles. The van der Waals surface area contributed by atoms with Gasteiger partial charge in [-0.2, -0.15) is 16.9 Å². The summed E-state index contributed by atoms with van der Waals surface area (Å²) in [4.78, 5) is 26.1. The molecule has 126 valence electrons. The summed E-state index contributed by atoms with van der Waals surface area (Å²) >= 11 is 1.90. The third-order valence-corrected chi connectivity index (χ3v) is 5.61. The average molecular weight is 343 g/mol. The molecule has 1 saturated heterocycles. The second-order valence-electron chi connectivity index (χ2n) is 5.91. The number of nitrogens with zero attached hydrogens (tertiary/aromatic N) is 3. The van der Waals surface area contributed by atoms with E-state index in [2.05, 4.69) is 36.3 Å². The van der Waals surface area contributed by atoms with Crippen LogP contribution in [0.1, 0.15) is 22.8 Å². The lowest BCUT2D eigenvalue weighted by atomic mass is 10.0. The Morgan fingerprint density at radius 2 is 2.08 bits per heavy atom. The first-order valence-corrected chi connectivity index (χ1v) is 9.17. The zero-order valence-corrected chi connectivity index (χ0v) is 14.5. The number of amides is 1. The van der Waals surface area contributed by atoms with Crippen molar-refractivity contribution < 1.29 is 4.79 Å². The van der Waals surface area contributed by atoms with Crippen LogP contribution in [0, 0.1) is 6.92 Å². The summed E-state index contributed by atoms with van der Waals surface area (Å²) in [7, 11) is 0. The summed E-state index contributed by atoms with van der Waals surface area (Å²) < 4.78 is 1.22. The van der Waals surface area contributed by atoms with Crippen LogP contribution in [0.3, 0.4) is 0 Å². The lowest BCUT2D eigenvalue weighted by Gasteiger charge is -2.20. The first kappa shape index (κ1) is 16.8. The number of rotatable bonds is 3. The van der Waals surface area contributed by atoms with E-state index in [0.717, 1.165) is 12.2 Å². The van der Waals surface area contributed by atoms with Crippen LogP contribution in [0.5, 0.6) is 0 Å². The quantitative estimate of drug-likeness (QED) is 0.858. The molecule has 2 aromatic rings. The molecule has 0 N–H and O–H groups in total. The molecule has 1 amide bonds. The highest BCUT2D eigenvalue weighted by molar-refractivity contribution is 7.99. The van der Waals surface area contributed by atoms with E-state index < -0.39 is 0 Å². The first-order chi connectivity index (χ1) is 11.6. The molecule has 2 heterocycles. The van der Waals surface area contributed by atoms with E-state index in [1.165, 1.54) is 28.1 Å². The van der Waals surface area contributed by atoms with Gasteiger partial charge in [0.05, 0.1) is 0 Å². The van der Waals surface area contributed by atoms with Gasteiger partial charge in [0.2, 0.25) is 5.91 Å². The minimum atomic E-state index is -0.243. The molecule has 1 atom stereocenters. The van der Waals surface area contributed by atoms with Gasteiger partial charge in [-0.1, -0.05) is 24.3 Å². The van der Waals surface area contributed by atoms with Gasteiger partial charge in [0.15, 0.2) is 0 Å². The summed E-state index contributed by atoms with van der Waals surface area (Å²) in [6.45, 7) is 3.58. The van der Waals surface area contributed by atoms with Gasteiger partial charge in [-0.05, 0) is 30.5 Å².